The van der Waals surface area contributed by atoms with Gasteiger partial charge >= 0.3 is 0 Å². The van der Waals surface area contributed by atoms with Gasteiger partial charge in [0.25, 0.3) is 5.91 Å². The molecule has 2 aromatic rings. The highest BCUT2D eigenvalue weighted by molar-refractivity contribution is 7.88. The molecule has 2 heterocycles. The first-order chi connectivity index (χ1) is 17.0. The Labute approximate surface area is 221 Å². The summed E-state index contributed by atoms with van der Waals surface area (Å²) in [6.45, 7) is 1.66. The lowest BCUT2D eigenvalue weighted by Crippen LogP contribution is -2.56. The van der Waals surface area contributed by atoms with Crippen LogP contribution in [0.15, 0.2) is 24.3 Å². The Morgan fingerprint density at radius 2 is 1.92 bits per heavy atom. The first-order valence-electron chi connectivity index (χ1n) is 11.9. The minimum absolute atomic E-state index is 0.0236. The van der Waals surface area contributed by atoms with Crippen molar-refractivity contribution in [3.8, 4) is 0 Å². The number of amides is 2. The molecule has 3 atom stereocenters. The standard InChI is InChI=1S/C24H32ClN5O4S2/c1-29(2)24(32)16-6-9-18(28-36(33,34)14-15-4-7-17(25)8-5-15)20(12-16)26-22(31)23-27-19-10-11-30(3)13-21(19)35-23/h4-5,7-8,16,18,20,28H,6,9-14H2,1-3H3,(H,26,31)/t16-,18-,20+/m0/s1. The lowest BCUT2D eigenvalue weighted by molar-refractivity contribution is -0.134. The van der Waals surface area contributed by atoms with Gasteiger partial charge < -0.3 is 15.1 Å². The van der Waals surface area contributed by atoms with Gasteiger partial charge in [0.1, 0.15) is 0 Å². The van der Waals surface area contributed by atoms with E-state index in [4.69, 9.17) is 11.6 Å². The fraction of sp³-hybridized carbons (Fsp3) is 0.542. The second kappa shape index (κ2) is 11.1. The number of sulfonamides is 1. The van der Waals surface area contributed by atoms with E-state index in [9.17, 15) is 18.0 Å². The molecule has 2 N–H and O–H groups in total. The van der Waals surface area contributed by atoms with Gasteiger partial charge in [0.05, 0.1) is 11.4 Å². The summed E-state index contributed by atoms with van der Waals surface area (Å²) in [4.78, 5) is 35.2. The van der Waals surface area contributed by atoms with Crippen LogP contribution < -0.4 is 10.0 Å². The van der Waals surface area contributed by atoms with E-state index in [1.807, 2.05) is 7.05 Å². The maximum Gasteiger partial charge on any atom is 0.280 e. The maximum atomic E-state index is 13.2. The van der Waals surface area contributed by atoms with E-state index in [1.54, 1.807) is 43.3 Å². The highest BCUT2D eigenvalue weighted by Gasteiger charge is 2.38. The molecule has 9 nitrogen and oxygen atoms in total. The van der Waals surface area contributed by atoms with Gasteiger partial charge in [-0.25, -0.2) is 18.1 Å². The van der Waals surface area contributed by atoms with Crippen LogP contribution in [0.5, 0.6) is 0 Å². The van der Waals surface area contributed by atoms with Crippen LogP contribution in [0.25, 0.3) is 0 Å². The summed E-state index contributed by atoms with van der Waals surface area (Å²) in [7, 11) is 1.74. The third-order valence-electron chi connectivity index (χ3n) is 6.67. The molecule has 1 aromatic heterocycles. The smallest absolute Gasteiger partial charge is 0.280 e. The zero-order valence-corrected chi connectivity index (χ0v) is 23.0. The number of likely N-dealkylation sites (N-methyl/N-ethyl adjacent to an activating group) is 1. The number of aromatic nitrogens is 1. The highest BCUT2D eigenvalue weighted by atomic mass is 35.5. The Hall–Kier alpha value is -2.05. The molecular formula is C24H32ClN5O4S2. The number of fused-ring (bicyclic) bond motifs is 1. The van der Waals surface area contributed by atoms with Crippen molar-refractivity contribution >= 4 is 44.8 Å². The van der Waals surface area contributed by atoms with Gasteiger partial charge in [0, 0.05) is 61.5 Å². The van der Waals surface area contributed by atoms with Crippen LogP contribution in [0.2, 0.25) is 5.02 Å². The van der Waals surface area contributed by atoms with Crippen molar-refractivity contribution in [3.63, 3.8) is 0 Å². The summed E-state index contributed by atoms with van der Waals surface area (Å²) in [5.74, 6) is -0.847. The molecule has 0 spiro atoms. The van der Waals surface area contributed by atoms with Crippen molar-refractivity contribution in [1.82, 2.24) is 24.8 Å². The number of nitrogens with zero attached hydrogens (tertiary/aromatic N) is 3. The predicted molar refractivity (Wildman–Crippen MR) is 140 cm³/mol. The first-order valence-corrected chi connectivity index (χ1v) is 14.8. The van der Waals surface area contributed by atoms with E-state index in [1.165, 1.54) is 11.3 Å². The third-order valence-corrected chi connectivity index (χ3v) is 9.38. The predicted octanol–water partition coefficient (Wildman–Crippen LogP) is 2.26. The topological polar surface area (TPSA) is 112 Å². The largest absolute Gasteiger partial charge is 0.349 e. The Bertz CT molecular complexity index is 1220. The van der Waals surface area contributed by atoms with Crippen molar-refractivity contribution in [2.75, 3.05) is 27.7 Å². The summed E-state index contributed by atoms with van der Waals surface area (Å²) in [5.41, 5.74) is 1.56. The van der Waals surface area contributed by atoms with E-state index < -0.39 is 22.1 Å². The molecule has 0 bridgehead atoms. The van der Waals surface area contributed by atoms with Gasteiger partial charge in [-0.05, 0) is 44.0 Å². The van der Waals surface area contributed by atoms with Gasteiger partial charge in [-0.2, -0.15) is 0 Å². The Morgan fingerprint density at radius 1 is 1.19 bits per heavy atom. The number of benzene rings is 1. The van der Waals surface area contributed by atoms with Crippen LogP contribution in [-0.4, -0.2) is 74.8 Å². The van der Waals surface area contributed by atoms with Crippen LogP contribution in [0.1, 0.15) is 45.2 Å². The SMILES string of the molecule is CN1CCc2nc(C(=O)N[C@@H]3C[C@@H](C(=O)N(C)C)CC[C@@H]3NS(=O)(=O)Cc3ccc(Cl)cc3)sc2C1. The second-order valence-corrected chi connectivity index (χ2v) is 13.1. The van der Waals surface area contributed by atoms with Crippen LogP contribution >= 0.6 is 22.9 Å². The number of carbonyl (C=O) groups is 2. The lowest BCUT2D eigenvalue weighted by Gasteiger charge is -2.37. The monoisotopic (exact) mass is 553 g/mol. The lowest BCUT2D eigenvalue weighted by atomic mass is 9.82. The molecule has 0 saturated heterocycles. The normalized spacial score (nSPS) is 22.6. The van der Waals surface area contributed by atoms with Crippen molar-refractivity contribution < 1.29 is 18.0 Å². The molecule has 1 fully saturated rings. The molecule has 1 aromatic carbocycles. The maximum absolute atomic E-state index is 13.2. The van der Waals surface area contributed by atoms with E-state index in [0.717, 1.165) is 30.1 Å². The van der Waals surface area contributed by atoms with Gasteiger partial charge in [0.2, 0.25) is 15.9 Å². The minimum atomic E-state index is -3.70. The number of rotatable bonds is 7. The van der Waals surface area contributed by atoms with Gasteiger partial charge in [-0.15, -0.1) is 11.3 Å². The van der Waals surface area contributed by atoms with Crippen LogP contribution in [0.4, 0.5) is 0 Å². The molecule has 2 aliphatic rings. The minimum Gasteiger partial charge on any atom is -0.349 e. The van der Waals surface area contributed by atoms with Gasteiger partial charge in [0.15, 0.2) is 5.01 Å². The van der Waals surface area contributed by atoms with Crippen molar-refractivity contribution in [2.24, 2.45) is 5.92 Å². The average molecular weight is 554 g/mol. The Morgan fingerprint density at radius 3 is 2.61 bits per heavy atom. The molecule has 0 unspecified atom stereocenters. The van der Waals surface area contributed by atoms with E-state index in [-0.39, 0.29) is 23.5 Å². The fourth-order valence-corrected chi connectivity index (χ4v) is 7.46. The molecule has 36 heavy (non-hydrogen) atoms. The van der Waals surface area contributed by atoms with Crippen LogP contribution in [-0.2, 0) is 33.5 Å². The summed E-state index contributed by atoms with van der Waals surface area (Å²) < 4.78 is 28.8. The van der Waals surface area contributed by atoms with E-state index in [2.05, 4.69) is 19.9 Å². The molecule has 0 radical (unpaired) electrons. The quantitative estimate of drug-likeness (QED) is 0.544. The number of nitrogens with one attached hydrogen (secondary N) is 2. The molecule has 1 aliphatic carbocycles. The summed E-state index contributed by atoms with van der Waals surface area (Å²) >= 11 is 7.29. The number of carbonyl (C=O) groups excluding carboxylic acids is 2. The zero-order chi connectivity index (χ0) is 26.0. The zero-order valence-electron chi connectivity index (χ0n) is 20.7. The summed E-state index contributed by atoms with van der Waals surface area (Å²) in [6, 6.07) is 5.59. The van der Waals surface area contributed by atoms with Crippen molar-refractivity contribution in [1.29, 1.82) is 0 Å². The van der Waals surface area contributed by atoms with Gasteiger partial charge in [-0.1, -0.05) is 23.7 Å². The van der Waals surface area contributed by atoms with Crippen molar-refractivity contribution in [3.05, 3.63) is 50.4 Å². The van der Waals surface area contributed by atoms with E-state index in [0.29, 0.717) is 34.9 Å². The first kappa shape index (κ1) is 27.0. The summed E-state index contributed by atoms with van der Waals surface area (Å²) in [5, 5.41) is 3.91. The second-order valence-electron chi connectivity index (χ2n) is 9.81. The number of hydrogen-bond acceptors (Lipinski definition) is 7. The molecule has 4 rings (SSSR count). The molecule has 1 aliphatic heterocycles. The number of thiazole rings is 1. The Balaban J connectivity index is 1.50. The molecule has 2 amide bonds. The number of hydrogen-bond donors (Lipinski definition) is 2. The van der Waals surface area contributed by atoms with Crippen LogP contribution in [0, 0.1) is 5.92 Å². The highest BCUT2D eigenvalue weighted by Crippen LogP contribution is 2.29. The number of halogens is 1. The molecule has 12 heteroatoms. The molecule has 196 valence electrons. The summed E-state index contributed by atoms with van der Waals surface area (Å²) in [6.07, 6.45) is 2.12. The van der Waals surface area contributed by atoms with Crippen molar-refractivity contribution in [2.45, 2.75) is 50.1 Å². The average Bonchev–Trinajstić information content (AvgIpc) is 3.24. The van der Waals surface area contributed by atoms with Gasteiger partial charge in [-0.3, -0.25) is 9.59 Å². The van der Waals surface area contributed by atoms with Crippen LogP contribution in [0.3, 0.4) is 0 Å². The fourth-order valence-electron chi connectivity index (χ4n) is 4.78. The third kappa shape index (κ3) is 6.63. The Kier molecular flexibility index (Phi) is 8.35. The molecular weight excluding hydrogens is 522 g/mol. The molecule has 1 saturated carbocycles. The van der Waals surface area contributed by atoms with E-state index >= 15 is 0 Å².